The van der Waals surface area contributed by atoms with Crippen LogP contribution in [0, 0.1) is 0 Å². The number of allylic oxidation sites excluding steroid dienone is 4. The van der Waals surface area contributed by atoms with E-state index in [0.717, 1.165) is 41.6 Å². The Hall–Kier alpha value is -2.31. The molecule has 3 N–H and O–H groups in total. The molecule has 28 heavy (non-hydrogen) atoms. The maximum Gasteiger partial charge on any atom is 0.189 e. The van der Waals surface area contributed by atoms with Gasteiger partial charge in [-0.3, -0.25) is 0 Å². The van der Waals surface area contributed by atoms with Gasteiger partial charge in [-0.1, -0.05) is 29.6 Å². The fourth-order valence-corrected chi connectivity index (χ4v) is 4.88. The van der Waals surface area contributed by atoms with Gasteiger partial charge in [-0.05, 0) is 69.6 Å². The van der Waals surface area contributed by atoms with Crippen LogP contribution >= 0.6 is 11.3 Å². The molecule has 148 valence electrons. The molecular weight excluding hydrogens is 366 g/mol. The predicted molar refractivity (Wildman–Crippen MR) is 122 cm³/mol. The van der Waals surface area contributed by atoms with Crippen LogP contribution in [0.5, 0.6) is 0 Å². The van der Waals surface area contributed by atoms with Crippen LogP contribution in [0.2, 0.25) is 0 Å². The molecule has 0 saturated carbocycles. The van der Waals surface area contributed by atoms with Crippen molar-refractivity contribution in [1.82, 2.24) is 9.88 Å². The van der Waals surface area contributed by atoms with Gasteiger partial charge in [0.25, 0.3) is 0 Å². The number of hydrogen-bond donors (Lipinski definition) is 2. The zero-order valence-electron chi connectivity index (χ0n) is 16.7. The Morgan fingerprint density at radius 2 is 1.93 bits per heavy atom. The number of benzene rings is 1. The van der Waals surface area contributed by atoms with Gasteiger partial charge in [-0.2, -0.15) is 0 Å². The molecule has 1 aliphatic carbocycles. The molecule has 0 amide bonds. The molecule has 4 rings (SSSR count). The monoisotopic (exact) mass is 395 g/mol. The standard InChI is InChI=1S/C22H29N5S/c1-26(2)18-12-14-27(15-13-18)19-10-8-17(9-11-19)24-22-25-21(23)20(28-22)16-6-4-3-5-7-16/h3-4,6,8-11,18H,5,7,12-15,23H2,1-2H3,(H,24,25). The lowest BCUT2D eigenvalue weighted by Crippen LogP contribution is -2.41. The van der Waals surface area contributed by atoms with E-state index < -0.39 is 0 Å². The Balaban J connectivity index is 1.40. The quantitative estimate of drug-likeness (QED) is 0.766. The molecule has 0 radical (unpaired) electrons. The van der Waals surface area contributed by atoms with E-state index in [9.17, 15) is 0 Å². The zero-order valence-corrected chi connectivity index (χ0v) is 17.5. The number of hydrogen-bond acceptors (Lipinski definition) is 6. The Labute approximate surface area is 171 Å². The Kier molecular flexibility index (Phi) is 5.69. The second-order valence-electron chi connectivity index (χ2n) is 7.75. The number of nitrogen functional groups attached to an aromatic ring is 1. The number of aromatic nitrogens is 1. The van der Waals surface area contributed by atoms with E-state index in [1.165, 1.54) is 24.1 Å². The Bertz CT molecular complexity index is 858. The summed E-state index contributed by atoms with van der Waals surface area (Å²) >= 11 is 1.63. The summed E-state index contributed by atoms with van der Waals surface area (Å²) in [5.74, 6) is 0.620. The summed E-state index contributed by atoms with van der Waals surface area (Å²) < 4.78 is 0. The van der Waals surface area contributed by atoms with Crippen LogP contribution < -0.4 is 16.0 Å². The summed E-state index contributed by atoms with van der Waals surface area (Å²) in [4.78, 5) is 10.4. The molecule has 2 aromatic rings. The van der Waals surface area contributed by atoms with Gasteiger partial charge in [-0.25, -0.2) is 4.98 Å². The molecule has 0 atom stereocenters. The van der Waals surface area contributed by atoms with Crippen molar-refractivity contribution in [2.24, 2.45) is 0 Å². The van der Waals surface area contributed by atoms with Gasteiger partial charge in [0.1, 0.15) is 5.82 Å². The third-order valence-electron chi connectivity index (χ3n) is 5.64. The molecule has 1 fully saturated rings. The van der Waals surface area contributed by atoms with Crippen LogP contribution in [0.15, 0.2) is 42.5 Å². The van der Waals surface area contributed by atoms with Crippen LogP contribution in [-0.4, -0.2) is 43.1 Å². The molecule has 6 heteroatoms. The smallest absolute Gasteiger partial charge is 0.189 e. The maximum absolute atomic E-state index is 6.16. The van der Waals surface area contributed by atoms with Crippen molar-refractivity contribution in [2.75, 3.05) is 43.1 Å². The van der Waals surface area contributed by atoms with Gasteiger partial charge in [0.2, 0.25) is 0 Å². The van der Waals surface area contributed by atoms with Crippen molar-refractivity contribution in [1.29, 1.82) is 0 Å². The summed E-state index contributed by atoms with van der Waals surface area (Å²) in [5.41, 5.74) is 9.78. The fraction of sp³-hybridized carbons (Fsp3) is 0.409. The van der Waals surface area contributed by atoms with E-state index in [4.69, 9.17) is 5.73 Å². The first-order valence-electron chi connectivity index (χ1n) is 10.0. The maximum atomic E-state index is 6.16. The zero-order chi connectivity index (χ0) is 19.5. The predicted octanol–water partition coefficient (Wildman–Crippen LogP) is 4.73. The number of anilines is 4. The topological polar surface area (TPSA) is 57.4 Å². The largest absolute Gasteiger partial charge is 0.382 e. The first-order chi connectivity index (χ1) is 13.6. The highest BCUT2D eigenvalue weighted by Gasteiger charge is 2.20. The lowest BCUT2D eigenvalue weighted by atomic mass is 10.0. The average molecular weight is 396 g/mol. The number of nitrogens with one attached hydrogen (secondary N) is 1. The van der Waals surface area contributed by atoms with E-state index in [0.29, 0.717) is 11.9 Å². The second-order valence-corrected chi connectivity index (χ2v) is 8.74. The summed E-state index contributed by atoms with van der Waals surface area (Å²) in [7, 11) is 4.36. The molecular formula is C22H29N5S. The van der Waals surface area contributed by atoms with Crippen LogP contribution in [-0.2, 0) is 0 Å². The van der Waals surface area contributed by atoms with Gasteiger partial charge < -0.3 is 20.9 Å². The molecule has 2 heterocycles. The molecule has 5 nitrogen and oxygen atoms in total. The minimum absolute atomic E-state index is 0.620. The lowest BCUT2D eigenvalue weighted by molar-refractivity contribution is 0.249. The summed E-state index contributed by atoms with van der Waals surface area (Å²) in [5, 5.41) is 4.26. The molecule has 0 unspecified atom stereocenters. The van der Waals surface area contributed by atoms with Gasteiger partial charge in [0, 0.05) is 30.5 Å². The fourth-order valence-electron chi connectivity index (χ4n) is 3.93. The molecule has 0 spiro atoms. The molecule has 1 aromatic carbocycles. The highest BCUT2D eigenvalue weighted by Crippen LogP contribution is 2.36. The summed E-state index contributed by atoms with van der Waals surface area (Å²) in [6, 6.07) is 9.37. The van der Waals surface area contributed by atoms with Crippen molar-refractivity contribution in [3.63, 3.8) is 0 Å². The number of piperidine rings is 1. The van der Waals surface area contributed by atoms with Crippen molar-refractivity contribution in [3.8, 4) is 0 Å². The summed E-state index contributed by atoms with van der Waals surface area (Å²) in [6.07, 6.45) is 11.0. The number of nitrogens with zero attached hydrogens (tertiary/aromatic N) is 3. The van der Waals surface area contributed by atoms with Crippen LogP contribution in [0.25, 0.3) is 5.57 Å². The van der Waals surface area contributed by atoms with Crippen molar-refractivity contribution in [2.45, 2.75) is 31.7 Å². The Morgan fingerprint density at radius 1 is 1.18 bits per heavy atom. The first-order valence-corrected chi connectivity index (χ1v) is 10.8. The SMILES string of the molecule is CN(C)C1CCN(c2ccc(Nc3nc(N)c(C4=CC=CCC4)s3)cc2)CC1. The van der Waals surface area contributed by atoms with Crippen LogP contribution in [0.1, 0.15) is 30.6 Å². The minimum Gasteiger partial charge on any atom is -0.382 e. The van der Waals surface area contributed by atoms with E-state index in [1.54, 1.807) is 11.3 Å². The molecule has 1 saturated heterocycles. The van der Waals surface area contributed by atoms with Gasteiger partial charge in [0.15, 0.2) is 5.13 Å². The van der Waals surface area contributed by atoms with Gasteiger partial charge in [0.05, 0.1) is 4.88 Å². The highest BCUT2D eigenvalue weighted by molar-refractivity contribution is 7.17. The van der Waals surface area contributed by atoms with E-state index in [1.807, 2.05) is 0 Å². The molecule has 0 bridgehead atoms. The van der Waals surface area contributed by atoms with Crippen molar-refractivity contribution in [3.05, 3.63) is 47.4 Å². The van der Waals surface area contributed by atoms with Crippen LogP contribution in [0.3, 0.4) is 0 Å². The van der Waals surface area contributed by atoms with Crippen molar-refractivity contribution < 1.29 is 0 Å². The first kappa shape index (κ1) is 19.0. The molecule has 1 aromatic heterocycles. The van der Waals surface area contributed by atoms with Crippen LogP contribution in [0.4, 0.5) is 22.3 Å². The van der Waals surface area contributed by atoms with Gasteiger partial charge >= 0.3 is 0 Å². The van der Waals surface area contributed by atoms with E-state index in [2.05, 4.69) is 76.7 Å². The molecule has 1 aliphatic heterocycles. The Morgan fingerprint density at radius 3 is 2.57 bits per heavy atom. The normalized spacial score (nSPS) is 17.8. The average Bonchev–Trinajstić information content (AvgIpc) is 3.09. The molecule has 2 aliphatic rings. The second kappa shape index (κ2) is 8.37. The lowest BCUT2D eigenvalue weighted by Gasteiger charge is -2.36. The number of rotatable bonds is 5. The third-order valence-corrected chi connectivity index (χ3v) is 6.70. The van der Waals surface area contributed by atoms with Gasteiger partial charge in [-0.15, -0.1) is 0 Å². The minimum atomic E-state index is 0.620. The van der Waals surface area contributed by atoms with Crippen molar-refractivity contribution >= 4 is 39.2 Å². The number of nitrogens with two attached hydrogens (primary N) is 1. The van der Waals surface area contributed by atoms with E-state index in [-0.39, 0.29) is 0 Å². The summed E-state index contributed by atoms with van der Waals surface area (Å²) in [6.45, 7) is 2.23. The van der Waals surface area contributed by atoms with E-state index >= 15 is 0 Å². The third kappa shape index (κ3) is 4.23. The number of thiazole rings is 1. The highest BCUT2D eigenvalue weighted by atomic mass is 32.1.